The average Bonchev–Trinajstić information content (AvgIpc) is 2.61. The summed E-state index contributed by atoms with van der Waals surface area (Å²) in [7, 11) is 0. The number of carbonyl (C=O) groups excluding carboxylic acids is 1. The van der Waals surface area contributed by atoms with Crippen molar-refractivity contribution < 1.29 is 9.72 Å². The molecule has 0 heterocycles. The van der Waals surface area contributed by atoms with Gasteiger partial charge in [0, 0.05) is 24.2 Å². The summed E-state index contributed by atoms with van der Waals surface area (Å²) in [5, 5.41) is 13.4. The minimum atomic E-state index is -0.477. The van der Waals surface area contributed by atoms with Gasteiger partial charge in [0.2, 0.25) is 5.91 Å². The van der Waals surface area contributed by atoms with Crippen LogP contribution in [0.2, 0.25) is 0 Å². The van der Waals surface area contributed by atoms with Crippen molar-refractivity contribution in [2.24, 2.45) is 0 Å². The first-order chi connectivity index (χ1) is 11.6. The van der Waals surface area contributed by atoms with Crippen molar-refractivity contribution in [1.82, 2.24) is 0 Å². The zero-order valence-corrected chi connectivity index (χ0v) is 14.2. The van der Waals surface area contributed by atoms with Crippen LogP contribution in [0.25, 0.3) is 0 Å². The third-order valence-corrected chi connectivity index (χ3v) is 3.30. The smallest absolute Gasteiger partial charge is 0.271 e. The highest BCUT2D eigenvalue weighted by atomic mass is 16.6. The summed E-state index contributed by atoms with van der Waals surface area (Å²) in [6.45, 7) is 4.00. The number of aryl methyl sites for hydroxylation is 1. The summed E-state index contributed by atoms with van der Waals surface area (Å²) < 4.78 is 0. The maximum absolute atomic E-state index is 11.8. The molecule has 0 saturated carbocycles. The highest BCUT2D eigenvalue weighted by molar-refractivity contribution is 5.90. The van der Waals surface area contributed by atoms with Crippen LogP contribution in [0, 0.1) is 10.1 Å². The van der Waals surface area contributed by atoms with E-state index in [0.717, 1.165) is 19.3 Å². The van der Waals surface area contributed by atoms with Crippen LogP contribution >= 0.6 is 0 Å². The molecule has 128 valence electrons. The van der Waals surface area contributed by atoms with Crippen LogP contribution in [-0.4, -0.2) is 10.8 Å². The van der Waals surface area contributed by atoms with Gasteiger partial charge >= 0.3 is 0 Å². The molecule has 0 radical (unpaired) electrons. The molecule has 24 heavy (non-hydrogen) atoms. The molecule has 5 heteroatoms. The lowest BCUT2D eigenvalue weighted by molar-refractivity contribution is -0.384. The zero-order valence-electron chi connectivity index (χ0n) is 14.2. The summed E-state index contributed by atoms with van der Waals surface area (Å²) in [6, 6.07) is 16.1. The zero-order chi connectivity index (χ0) is 17.8. The molecule has 0 atom stereocenters. The van der Waals surface area contributed by atoms with E-state index in [4.69, 9.17) is 0 Å². The minimum absolute atomic E-state index is 0.0260. The van der Waals surface area contributed by atoms with E-state index in [1.807, 2.05) is 32.0 Å². The standard InChI is InChI=1S/C17H18N2O3.C2H6/c20-17(12-5-4-9-14-7-2-1-3-8-14)18-15-10-6-11-16(13-15)19(21)22;1-2/h1-3,6-8,10-11,13H,4-5,9,12H2,(H,18,20);1-2H3. The number of benzene rings is 2. The van der Waals surface area contributed by atoms with Crippen LogP contribution in [0.1, 0.15) is 38.7 Å². The Balaban J connectivity index is 0.00000139. The maximum atomic E-state index is 11.8. The Kier molecular flexibility index (Phi) is 8.82. The molecule has 0 aromatic heterocycles. The number of hydrogen-bond donors (Lipinski definition) is 1. The first-order valence-electron chi connectivity index (χ1n) is 8.23. The van der Waals surface area contributed by atoms with Crippen molar-refractivity contribution in [3.05, 3.63) is 70.3 Å². The van der Waals surface area contributed by atoms with Crippen LogP contribution in [0.15, 0.2) is 54.6 Å². The number of amides is 1. The molecule has 2 aromatic carbocycles. The number of nitrogens with zero attached hydrogens (tertiary/aromatic N) is 1. The predicted molar refractivity (Wildman–Crippen MR) is 97.1 cm³/mol. The fourth-order valence-electron chi connectivity index (χ4n) is 2.18. The van der Waals surface area contributed by atoms with Gasteiger partial charge in [-0.1, -0.05) is 50.2 Å². The van der Waals surface area contributed by atoms with E-state index in [1.165, 1.54) is 17.7 Å². The number of nitrogens with one attached hydrogen (secondary N) is 1. The summed E-state index contributed by atoms with van der Waals surface area (Å²) in [5.41, 5.74) is 1.70. The molecule has 2 aromatic rings. The first kappa shape index (κ1) is 19.4. The summed E-state index contributed by atoms with van der Waals surface area (Å²) >= 11 is 0. The van der Waals surface area contributed by atoms with Crippen molar-refractivity contribution in [2.75, 3.05) is 5.32 Å². The average molecular weight is 328 g/mol. The Morgan fingerprint density at radius 2 is 1.75 bits per heavy atom. The number of carbonyl (C=O) groups is 1. The quantitative estimate of drug-likeness (QED) is 0.443. The molecule has 1 amide bonds. The van der Waals surface area contributed by atoms with Gasteiger partial charge in [0.15, 0.2) is 0 Å². The molecule has 5 nitrogen and oxygen atoms in total. The summed E-state index contributed by atoms with van der Waals surface area (Å²) in [6.07, 6.45) is 3.09. The Bertz CT molecular complexity index is 642. The molecular weight excluding hydrogens is 304 g/mol. The topological polar surface area (TPSA) is 72.2 Å². The van der Waals surface area contributed by atoms with Crippen LogP contribution in [0.3, 0.4) is 0 Å². The molecule has 0 unspecified atom stereocenters. The highest BCUT2D eigenvalue weighted by Gasteiger charge is 2.08. The molecule has 0 saturated heterocycles. The second-order valence-electron chi connectivity index (χ2n) is 5.05. The largest absolute Gasteiger partial charge is 0.326 e. The Labute approximate surface area is 142 Å². The van der Waals surface area contributed by atoms with Gasteiger partial charge in [-0.05, 0) is 30.9 Å². The number of unbranched alkanes of at least 4 members (excludes halogenated alkanes) is 1. The van der Waals surface area contributed by atoms with Gasteiger partial charge in [0.1, 0.15) is 0 Å². The van der Waals surface area contributed by atoms with E-state index in [-0.39, 0.29) is 11.6 Å². The Hall–Kier alpha value is -2.69. The van der Waals surface area contributed by atoms with Crippen molar-refractivity contribution in [3.63, 3.8) is 0 Å². The van der Waals surface area contributed by atoms with E-state index in [1.54, 1.807) is 12.1 Å². The van der Waals surface area contributed by atoms with E-state index in [9.17, 15) is 14.9 Å². The van der Waals surface area contributed by atoms with Crippen LogP contribution in [-0.2, 0) is 11.2 Å². The number of anilines is 1. The van der Waals surface area contributed by atoms with Gasteiger partial charge in [-0.3, -0.25) is 14.9 Å². The molecule has 0 bridgehead atoms. The van der Waals surface area contributed by atoms with Crippen molar-refractivity contribution in [2.45, 2.75) is 39.5 Å². The van der Waals surface area contributed by atoms with E-state index < -0.39 is 4.92 Å². The van der Waals surface area contributed by atoms with E-state index >= 15 is 0 Å². The molecule has 0 aliphatic carbocycles. The second-order valence-corrected chi connectivity index (χ2v) is 5.05. The van der Waals surface area contributed by atoms with Gasteiger partial charge in [0.25, 0.3) is 5.69 Å². The monoisotopic (exact) mass is 328 g/mol. The lowest BCUT2D eigenvalue weighted by atomic mass is 10.1. The molecule has 1 N–H and O–H groups in total. The third kappa shape index (κ3) is 7.05. The van der Waals surface area contributed by atoms with Gasteiger partial charge in [-0.15, -0.1) is 0 Å². The van der Waals surface area contributed by atoms with Crippen LogP contribution in [0.5, 0.6) is 0 Å². The molecule has 0 aliphatic heterocycles. The number of non-ortho nitro benzene ring substituents is 1. The van der Waals surface area contributed by atoms with Gasteiger partial charge in [0.05, 0.1) is 4.92 Å². The number of hydrogen-bond acceptors (Lipinski definition) is 3. The molecule has 0 aliphatic rings. The normalized spacial score (nSPS) is 9.58. The lowest BCUT2D eigenvalue weighted by Crippen LogP contribution is -2.11. The van der Waals surface area contributed by atoms with E-state index in [2.05, 4.69) is 17.4 Å². The van der Waals surface area contributed by atoms with Crippen molar-refractivity contribution >= 4 is 17.3 Å². The maximum Gasteiger partial charge on any atom is 0.271 e. The van der Waals surface area contributed by atoms with Gasteiger partial charge < -0.3 is 5.32 Å². The van der Waals surface area contributed by atoms with Gasteiger partial charge in [-0.25, -0.2) is 0 Å². The third-order valence-electron chi connectivity index (χ3n) is 3.30. The second kappa shape index (κ2) is 10.9. The van der Waals surface area contributed by atoms with Gasteiger partial charge in [-0.2, -0.15) is 0 Å². The van der Waals surface area contributed by atoms with Crippen molar-refractivity contribution in [3.8, 4) is 0 Å². The molecule has 2 rings (SSSR count). The minimum Gasteiger partial charge on any atom is -0.326 e. The number of nitro benzene ring substituents is 1. The Morgan fingerprint density at radius 1 is 1.04 bits per heavy atom. The fourth-order valence-corrected chi connectivity index (χ4v) is 2.18. The molecular formula is C19H24N2O3. The number of rotatable bonds is 7. The van der Waals surface area contributed by atoms with Crippen LogP contribution < -0.4 is 5.32 Å². The lowest BCUT2D eigenvalue weighted by Gasteiger charge is -2.05. The highest BCUT2D eigenvalue weighted by Crippen LogP contribution is 2.17. The molecule has 0 fully saturated rings. The summed E-state index contributed by atoms with van der Waals surface area (Å²) in [4.78, 5) is 22.0. The SMILES string of the molecule is CC.O=C(CCCCc1ccccc1)Nc1cccc([N+](=O)[O-])c1. The van der Waals surface area contributed by atoms with E-state index in [0.29, 0.717) is 12.1 Å². The summed E-state index contributed by atoms with van der Waals surface area (Å²) in [5.74, 6) is -0.117. The predicted octanol–water partition coefficient (Wildman–Crippen LogP) is 4.97. The fraction of sp³-hybridized carbons (Fsp3) is 0.316. The molecule has 0 spiro atoms. The van der Waals surface area contributed by atoms with Crippen molar-refractivity contribution in [1.29, 1.82) is 0 Å². The Morgan fingerprint density at radius 3 is 2.42 bits per heavy atom. The number of nitro groups is 1. The first-order valence-corrected chi connectivity index (χ1v) is 8.23. The van der Waals surface area contributed by atoms with Crippen LogP contribution in [0.4, 0.5) is 11.4 Å².